The largest absolute Gasteiger partial charge is 1.00 e. The van der Waals surface area contributed by atoms with Gasteiger partial charge >= 0.3 is 138 Å². The molecular formula is C20H30Cl3V. The second-order valence-electron chi connectivity index (χ2n) is 6.44. The average molecular weight is 428 g/mol. The van der Waals surface area contributed by atoms with Crippen molar-refractivity contribution >= 4 is 0 Å². The molecule has 0 spiro atoms. The zero-order valence-electron chi connectivity index (χ0n) is 15.4. The molecule has 0 aliphatic heterocycles. The van der Waals surface area contributed by atoms with E-state index < -0.39 is 0 Å². The van der Waals surface area contributed by atoms with Crippen molar-refractivity contribution in [1.29, 1.82) is 0 Å². The first-order valence-electron chi connectivity index (χ1n) is 8.67. The third-order valence-corrected chi connectivity index (χ3v) is 7.34. The molecule has 0 fully saturated rings. The van der Waals surface area contributed by atoms with Crippen LogP contribution in [-0.4, -0.2) is 0 Å². The Morgan fingerprint density at radius 3 is 1.46 bits per heavy atom. The second kappa shape index (κ2) is 13.6. The topological polar surface area (TPSA) is 0 Å². The van der Waals surface area contributed by atoms with Gasteiger partial charge in [-0.3, -0.25) is 0 Å². The molecule has 0 radical (unpaired) electrons. The molecule has 2 aliphatic rings. The van der Waals surface area contributed by atoms with Crippen LogP contribution in [0, 0.1) is 0 Å². The summed E-state index contributed by atoms with van der Waals surface area (Å²) in [7, 11) is 0. The summed E-state index contributed by atoms with van der Waals surface area (Å²) < 4.78 is 3.52. The van der Waals surface area contributed by atoms with Gasteiger partial charge in [0.25, 0.3) is 0 Å². The standard InChI is InChI=1S/2C10H15.3ClH.V/c2*1-3-4-5-10-7-6-9(2)8-10;;;;/h2*7H,3-6H2,1-2H3;3*1H;/q;;;;;+3/p-3. The van der Waals surface area contributed by atoms with Crippen LogP contribution < -0.4 is 37.2 Å². The Hall–Kier alpha value is 0.414. The Bertz CT molecular complexity index is 467. The van der Waals surface area contributed by atoms with Crippen molar-refractivity contribution in [1.82, 2.24) is 0 Å². The first-order valence-corrected chi connectivity index (χ1v) is 10.1. The van der Waals surface area contributed by atoms with Crippen LogP contribution in [0.15, 0.2) is 43.0 Å². The quantitative estimate of drug-likeness (QED) is 0.408. The minimum absolute atomic E-state index is 0. The summed E-state index contributed by atoms with van der Waals surface area (Å²) in [6.45, 7) is 9.32. The van der Waals surface area contributed by atoms with Crippen LogP contribution in [0.2, 0.25) is 0 Å². The van der Waals surface area contributed by atoms with Crippen molar-refractivity contribution in [3.05, 3.63) is 43.0 Å². The van der Waals surface area contributed by atoms with E-state index >= 15 is 0 Å². The Balaban J connectivity index is 0. The summed E-state index contributed by atoms with van der Waals surface area (Å²) in [4.78, 5) is 0. The number of hydrogen-bond acceptors (Lipinski definition) is 0. The van der Waals surface area contributed by atoms with Crippen molar-refractivity contribution in [3.63, 3.8) is 0 Å². The van der Waals surface area contributed by atoms with Gasteiger partial charge in [0.15, 0.2) is 0 Å². The molecule has 0 aromatic carbocycles. The maximum atomic E-state index is 2.51. The molecule has 0 amide bonds. The van der Waals surface area contributed by atoms with Gasteiger partial charge in [0.05, 0.1) is 0 Å². The summed E-state index contributed by atoms with van der Waals surface area (Å²) >= 11 is 0.214. The molecule has 0 atom stereocenters. The van der Waals surface area contributed by atoms with E-state index in [9.17, 15) is 0 Å². The number of hydrogen-bond donors (Lipinski definition) is 0. The zero-order valence-corrected chi connectivity index (χ0v) is 19.1. The van der Waals surface area contributed by atoms with Crippen molar-refractivity contribution in [2.24, 2.45) is 0 Å². The molecule has 0 saturated carbocycles. The number of allylic oxidation sites excluding steroid dienone is 8. The molecule has 4 heteroatoms. The molecule has 0 aromatic rings. The molecule has 0 saturated heterocycles. The normalized spacial score (nSPS) is 16.0. The maximum Gasteiger partial charge on any atom is -1.00 e. The number of rotatable bonds is 8. The third-order valence-electron chi connectivity index (χ3n) is 4.55. The van der Waals surface area contributed by atoms with E-state index in [-0.39, 0.29) is 53.5 Å². The van der Waals surface area contributed by atoms with Crippen LogP contribution >= 0.6 is 0 Å². The molecule has 0 bridgehead atoms. The SMILES string of the molecule is CCCCC1=CCC(C)=[C]1[V+3][C]1=C(C)CC=C1CCCC.[Cl-].[Cl-].[Cl-]. The molecule has 0 heterocycles. The first kappa shape index (κ1) is 26.6. The molecule has 136 valence electrons. The van der Waals surface area contributed by atoms with Crippen LogP contribution in [0.1, 0.15) is 79.1 Å². The smallest absolute Gasteiger partial charge is 1.00 e. The fraction of sp³-hybridized carbons (Fsp3) is 0.600. The van der Waals surface area contributed by atoms with Crippen LogP contribution in [-0.2, 0) is 16.3 Å². The van der Waals surface area contributed by atoms with Crippen LogP contribution in [0.5, 0.6) is 0 Å². The Labute approximate surface area is 175 Å². The Morgan fingerprint density at radius 2 is 1.12 bits per heavy atom. The third kappa shape index (κ3) is 6.97. The van der Waals surface area contributed by atoms with Gasteiger partial charge in [-0.15, -0.1) is 0 Å². The Morgan fingerprint density at radius 1 is 0.750 bits per heavy atom. The predicted molar refractivity (Wildman–Crippen MR) is 89.9 cm³/mol. The minimum Gasteiger partial charge on any atom is -1.00 e. The summed E-state index contributed by atoms with van der Waals surface area (Å²) in [5.41, 5.74) is 6.69. The van der Waals surface area contributed by atoms with Crippen LogP contribution in [0.25, 0.3) is 0 Å². The number of halogens is 3. The molecular weight excluding hydrogens is 398 g/mol. The van der Waals surface area contributed by atoms with E-state index in [1.807, 2.05) is 0 Å². The first-order chi connectivity index (χ1) is 10.2. The summed E-state index contributed by atoms with van der Waals surface area (Å²) in [6, 6.07) is 0. The van der Waals surface area contributed by atoms with Crippen LogP contribution in [0.3, 0.4) is 0 Å². The van der Waals surface area contributed by atoms with Crippen molar-refractivity contribution in [2.45, 2.75) is 79.1 Å². The summed E-state index contributed by atoms with van der Waals surface area (Å²) in [5.74, 6) is 0. The molecule has 0 unspecified atom stereocenters. The fourth-order valence-electron chi connectivity index (χ4n) is 3.11. The van der Waals surface area contributed by atoms with Crippen molar-refractivity contribution in [2.75, 3.05) is 0 Å². The monoisotopic (exact) mass is 426 g/mol. The molecule has 0 N–H and O–H groups in total. The van der Waals surface area contributed by atoms with Gasteiger partial charge in [0.2, 0.25) is 0 Å². The van der Waals surface area contributed by atoms with Gasteiger partial charge < -0.3 is 37.2 Å². The Kier molecular flexibility index (Phi) is 15.1. The van der Waals surface area contributed by atoms with Crippen LogP contribution in [0.4, 0.5) is 0 Å². The predicted octanol–water partition coefficient (Wildman–Crippen LogP) is -2.33. The minimum atomic E-state index is 0. The van der Waals surface area contributed by atoms with E-state index in [2.05, 4.69) is 39.8 Å². The van der Waals surface area contributed by atoms with E-state index in [0.717, 1.165) is 0 Å². The molecule has 24 heavy (non-hydrogen) atoms. The van der Waals surface area contributed by atoms with Gasteiger partial charge in [0, 0.05) is 0 Å². The summed E-state index contributed by atoms with van der Waals surface area (Å²) in [6.07, 6.45) is 15.4. The van der Waals surface area contributed by atoms with Gasteiger partial charge in [-0.1, -0.05) is 0 Å². The average Bonchev–Trinajstić information content (AvgIpc) is 3.00. The van der Waals surface area contributed by atoms with Gasteiger partial charge in [-0.2, -0.15) is 0 Å². The van der Waals surface area contributed by atoms with Crippen molar-refractivity contribution in [3.8, 4) is 0 Å². The van der Waals surface area contributed by atoms with Gasteiger partial charge in [-0.25, -0.2) is 0 Å². The van der Waals surface area contributed by atoms with Gasteiger partial charge in [0.1, 0.15) is 0 Å². The van der Waals surface area contributed by atoms with Crippen molar-refractivity contribution < 1.29 is 53.5 Å². The summed E-state index contributed by atoms with van der Waals surface area (Å²) in [5, 5.41) is 0. The van der Waals surface area contributed by atoms with E-state index in [0.29, 0.717) is 0 Å². The second-order valence-corrected chi connectivity index (χ2v) is 8.19. The molecule has 2 aliphatic carbocycles. The number of unbranched alkanes of at least 4 members (excludes halogenated alkanes) is 2. The van der Waals surface area contributed by atoms with E-state index in [1.165, 1.54) is 51.4 Å². The zero-order chi connectivity index (χ0) is 15.2. The molecule has 2 rings (SSSR count). The fourth-order valence-corrected chi connectivity index (χ4v) is 5.42. The molecule has 0 aromatic heterocycles. The van der Waals surface area contributed by atoms with E-state index in [4.69, 9.17) is 0 Å². The van der Waals surface area contributed by atoms with Gasteiger partial charge in [-0.05, 0) is 0 Å². The molecule has 0 nitrogen and oxygen atoms in total. The van der Waals surface area contributed by atoms with E-state index in [1.54, 1.807) is 30.9 Å². The maximum absolute atomic E-state index is 2.51.